The van der Waals surface area contributed by atoms with E-state index in [1.165, 1.54) is 0 Å². The van der Waals surface area contributed by atoms with Crippen LogP contribution in [0.1, 0.15) is 0 Å². The van der Waals surface area contributed by atoms with Gasteiger partial charge >= 0.3 is 8.03 Å². The largest absolute Gasteiger partial charge is 0.512 e. The highest BCUT2D eigenvalue weighted by Gasteiger charge is 2.16. The topological polar surface area (TPSA) is 26.3 Å². The summed E-state index contributed by atoms with van der Waals surface area (Å²) in [5.41, 5.74) is 0. The first kappa shape index (κ1) is 11.8. The molecule has 0 spiro atoms. The molecule has 0 saturated heterocycles. The molecule has 0 amide bonds. The molecule has 4 heteroatoms. The minimum Gasteiger partial charge on any atom is -0.329 e. The molecule has 0 aromatic rings. The normalized spacial score (nSPS) is 12.8. The van der Waals surface area contributed by atoms with Gasteiger partial charge in [0.2, 0.25) is 0 Å². The Hall–Kier alpha value is -0.240. The summed E-state index contributed by atoms with van der Waals surface area (Å²) >= 11 is 0. The van der Waals surface area contributed by atoms with E-state index in [1.54, 1.807) is 6.08 Å². The second-order valence-electron chi connectivity index (χ2n) is 3.65. The number of allylic oxidation sites excluding steroid dienone is 1. The third-order valence-corrected chi connectivity index (χ3v) is 2.30. The van der Waals surface area contributed by atoms with Crippen LogP contribution < -0.4 is 0 Å². The Bertz CT molecular complexity index is 163. The predicted molar refractivity (Wildman–Crippen MR) is 51.5 cm³/mol. The minimum absolute atomic E-state index is 0.451. The van der Waals surface area contributed by atoms with E-state index < -0.39 is 8.03 Å². The van der Waals surface area contributed by atoms with E-state index in [2.05, 4.69) is 27.7 Å². The average Bonchev–Trinajstić information content (AvgIpc) is 1.84. The fourth-order valence-corrected chi connectivity index (χ4v) is 1.18. The van der Waals surface area contributed by atoms with E-state index in [0.717, 1.165) is 11.0 Å². The number of likely N-dealkylation sites (N-methyl/N-ethyl adjacent to an activating group) is 1. The molecule has 0 rings (SSSR count). The van der Waals surface area contributed by atoms with Crippen molar-refractivity contribution in [2.75, 3.05) is 40.5 Å². The molecule has 12 heavy (non-hydrogen) atoms. The Morgan fingerprint density at radius 1 is 1.50 bits per heavy atom. The van der Waals surface area contributed by atoms with Gasteiger partial charge in [0.1, 0.15) is 6.54 Å². The van der Waals surface area contributed by atoms with Gasteiger partial charge in [0.05, 0.1) is 21.1 Å². The highest BCUT2D eigenvalue weighted by Crippen LogP contribution is 2.21. The van der Waals surface area contributed by atoms with Crippen molar-refractivity contribution in [1.29, 1.82) is 0 Å². The van der Waals surface area contributed by atoms with E-state index in [0.29, 0.717) is 12.8 Å². The Kier molecular flexibility index (Phi) is 5.31. The predicted octanol–water partition coefficient (Wildman–Crippen LogP) is 1.64. The zero-order chi connectivity index (χ0) is 9.61. The molecule has 0 N–H and O–H groups in total. The van der Waals surface area contributed by atoms with Crippen molar-refractivity contribution in [3.8, 4) is 0 Å². The van der Waals surface area contributed by atoms with Gasteiger partial charge in [0.15, 0.2) is 12.8 Å². The summed E-state index contributed by atoms with van der Waals surface area (Å²) in [7, 11) is 4.71. The molecular weight excluding hydrogens is 173 g/mol. The maximum atomic E-state index is 11.0. The van der Waals surface area contributed by atoms with Crippen LogP contribution in [0.3, 0.4) is 0 Å². The molecular formula is C8H18NO2P+2. The number of nitrogens with zero attached hydrogens (tertiary/aromatic N) is 1. The summed E-state index contributed by atoms with van der Waals surface area (Å²) in [5.74, 6) is 0. The van der Waals surface area contributed by atoms with Gasteiger partial charge in [-0.15, -0.1) is 4.52 Å². The van der Waals surface area contributed by atoms with Crippen LogP contribution in [-0.4, -0.2) is 44.9 Å². The minimum atomic E-state index is -1.51. The summed E-state index contributed by atoms with van der Waals surface area (Å²) in [6.07, 6.45) is 2.07. The van der Waals surface area contributed by atoms with Crippen molar-refractivity contribution in [2.45, 2.75) is 0 Å². The lowest BCUT2D eigenvalue weighted by Gasteiger charge is -2.21. The van der Waals surface area contributed by atoms with Crippen LogP contribution in [0.2, 0.25) is 0 Å². The molecule has 0 saturated carbocycles. The van der Waals surface area contributed by atoms with Gasteiger partial charge in [-0.2, -0.15) is 0 Å². The monoisotopic (exact) mass is 191 g/mol. The van der Waals surface area contributed by atoms with Crippen molar-refractivity contribution >= 4 is 8.03 Å². The molecule has 1 unspecified atom stereocenters. The number of hydrogen-bond donors (Lipinski definition) is 0. The fraction of sp³-hybridized carbons (Fsp3) is 0.750. The molecule has 0 aliphatic heterocycles. The number of rotatable bonds is 6. The zero-order valence-corrected chi connectivity index (χ0v) is 9.01. The van der Waals surface area contributed by atoms with Gasteiger partial charge < -0.3 is 4.48 Å². The Labute approximate surface area is 75.5 Å². The zero-order valence-electron chi connectivity index (χ0n) is 8.12. The summed E-state index contributed by atoms with van der Waals surface area (Å²) in [4.78, 5) is 0. The van der Waals surface area contributed by atoms with Gasteiger partial charge in [-0.3, -0.25) is 0 Å². The van der Waals surface area contributed by atoms with E-state index in [1.807, 2.05) is 0 Å². The highest BCUT2D eigenvalue weighted by atomic mass is 31.1. The number of quaternary nitrogens is 1. The van der Waals surface area contributed by atoms with Crippen molar-refractivity contribution in [3.63, 3.8) is 0 Å². The van der Waals surface area contributed by atoms with E-state index >= 15 is 0 Å². The van der Waals surface area contributed by atoms with Crippen LogP contribution in [0.5, 0.6) is 0 Å². The average molecular weight is 191 g/mol. The molecule has 0 radical (unpaired) electrons. The fourth-order valence-electron chi connectivity index (χ4n) is 0.575. The van der Waals surface area contributed by atoms with Crippen LogP contribution in [0.25, 0.3) is 0 Å². The molecule has 0 aliphatic carbocycles. The lowest BCUT2D eigenvalue weighted by atomic mass is 10.5. The maximum Gasteiger partial charge on any atom is 0.512 e. The molecule has 70 valence electrons. The van der Waals surface area contributed by atoms with E-state index in [9.17, 15) is 4.57 Å². The highest BCUT2D eigenvalue weighted by molar-refractivity contribution is 7.39. The maximum absolute atomic E-state index is 11.0. The SMILES string of the molecule is C=CC[P+](=O)OCC[N+](C)(C)C. The smallest absolute Gasteiger partial charge is 0.329 e. The van der Waals surface area contributed by atoms with Gasteiger partial charge in [-0.05, 0) is 10.6 Å². The van der Waals surface area contributed by atoms with Crippen LogP contribution in [0.4, 0.5) is 0 Å². The van der Waals surface area contributed by atoms with Gasteiger partial charge in [-0.1, -0.05) is 6.58 Å². The third kappa shape index (κ3) is 7.86. The van der Waals surface area contributed by atoms with Crippen molar-refractivity contribution < 1.29 is 13.6 Å². The Morgan fingerprint density at radius 3 is 2.50 bits per heavy atom. The summed E-state index contributed by atoms with van der Waals surface area (Å²) < 4.78 is 16.9. The van der Waals surface area contributed by atoms with Gasteiger partial charge in [-0.25, -0.2) is 0 Å². The first-order valence-corrected chi connectivity index (χ1v) is 5.31. The van der Waals surface area contributed by atoms with Crippen LogP contribution in [-0.2, 0) is 9.09 Å². The van der Waals surface area contributed by atoms with Crippen molar-refractivity contribution in [1.82, 2.24) is 0 Å². The lowest BCUT2D eigenvalue weighted by Crippen LogP contribution is -2.37. The number of hydrogen-bond acceptors (Lipinski definition) is 2. The standard InChI is InChI=1S/C8H18NO2P/c1-5-8-12(10)11-7-6-9(2,3)4/h5H,1,6-8H2,2-4H3/q+2. The summed E-state index contributed by atoms with van der Waals surface area (Å²) in [6.45, 7) is 4.91. The second-order valence-corrected chi connectivity index (χ2v) is 4.94. The Balaban J connectivity index is 3.43. The lowest BCUT2D eigenvalue weighted by molar-refractivity contribution is -0.870. The summed E-state index contributed by atoms with van der Waals surface area (Å²) in [5, 5.41) is 0. The third-order valence-electron chi connectivity index (χ3n) is 1.28. The Morgan fingerprint density at radius 2 is 2.08 bits per heavy atom. The molecule has 0 aromatic heterocycles. The molecule has 0 fully saturated rings. The van der Waals surface area contributed by atoms with E-state index in [4.69, 9.17) is 4.52 Å². The quantitative estimate of drug-likeness (QED) is 0.362. The van der Waals surface area contributed by atoms with Crippen molar-refractivity contribution in [2.24, 2.45) is 0 Å². The van der Waals surface area contributed by atoms with Crippen LogP contribution >= 0.6 is 8.03 Å². The van der Waals surface area contributed by atoms with Crippen LogP contribution in [0.15, 0.2) is 12.7 Å². The first-order chi connectivity index (χ1) is 5.45. The molecule has 0 bridgehead atoms. The molecule has 3 nitrogen and oxygen atoms in total. The molecule has 0 aliphatic rings. The molecule has 0 aromatic carbocycles. The van der Waals surface area contributed by atoms with Gasteiger partial charge in [0.25, 0.3) is 0 Å². The van der Waals surface area contributed by atoms with Gasteiger partial charge in [0, 0.05) is 0 Å². The van der Waals surface area contributed by atoms with Crippen molar-refractivity contribution in [3.05, 3.63) is 12.7 Å². The molecule has 1 atom stereocenters. The second kappa shape index (κ2) is 5.41. The van der Waals surface area contributed by atoms with Crippen LogP contribution in [0, 0.1) is 0 Å². The first-order valence-electron chi connectivity index (χ1n) is 3.94. The molecule has 0 heterocycles. The van der Waals surface area contributed by atoms with E-state index in [-0.39, 0.29) is 0 Å². The summed E-state index contributed by atoms with van der Waals surface area (Å²) in [6, 6.07) is 0.